The van der Waals surface area contributed by atoms with Gasteiger partial charge in [-0.1, -0.05) is 6.92 Å². The first-order valence-corrected chi connectivity index (χ1v) is 6.79. The summed E-state index contributed by atoms with van der Waals surface area (Å²) in [5.74, 6) is -1.78. The van der Waals surface area contributed by atoms with Crippen LogP contribution in [-0.2, 0) is 4.79 Å². The van der Waals surface area contributed by atoms with E-state index in [0.29, 0.717) is 12.2 Å². The van der Waals surface area contributed by atoms with E-state index in [1.807, 2.05) is 0 Å². The van der Waals surface area contributed by atoms with E-state index < -0.39 is 17.8 Å². The second-order valence-electron chi connectivity index (χ2n) is 4.68. The molecule has 0 radical (unpaired) electrons. The van der Waals surface area contributed by atoms with Crippen LogP contribution in [0, 0.1) is 0 Å². The molecule has 1 aromatic rings. The fourth-order valence-corrected chi connectivity index (χ4v) is 2.19. The number of likely N-dealkylation sites (N-methyl/N-ethyl adjacent to an activating group) is 1. The van der Waals surface area contributed by atoms with Crippen molar-refractivity contribution >= 4 is 23.3 Å². The van der Waals surface area contributed by atoms with Gasteiger partial charge in [0.15, 0.2) is 5.78 Å². The molecule has 6 heteroatoms. The first kappa shape index (κ1) is 16.7. The maximum Gasteiger partial charge on any atom is 0.336 e. The third kappa shape index (κ3) is 3.59. The highest BCUT2D eigenvalue weighted by Gasteiger charge is 2.27. The molecule has 0 saturated carbocycles. The van der Waals surface area contributed by atoms with E-state index in [4.69, 9.17) is 10.8 Å². The Balaban J connectivity index is 3.21. The van der Waals surface area contributed by atoms with E-state index in [9.17, 15) is 14.4 Å². The molecule has 1 aromatic carbocycles. The third-order valence-electron chi connectivity index (χ3n) is 3.35. The molecule has 114 valence electrons. The molecule has 0 fully saturated rings. The number of Topliss-reactive ketones (excluding diaryl/α,β-unsaturated/α-hetero) is 1. The molecule has 0 aromatic heterocycles. The zero-order chi connectivity index (χ0) is 16.2. The normalized spacial score (nSPS) is 11.8. The summed E-state index contributed by atoms with van der Waals surface area (Å²) in [5, 5.41) is 9.16. The minimum atomic E-state index is -1.20. The van der Waals surface area contributed by atoms with Gasteiger partial charge in [0.05, 0.1) is 11.6 Å². The number of carboxylic acids is 1. The van der Waals surface area contributed by atoms with E-state index in [1.54, 1.807) is 20.8 Å². The number of benzene rings is 1. The van der Waals surface area contributed by atoms with Crippen molar-refractivity contribution in [1.82, 2.24) is 4.90 Å². The number of rotatable bonds is 6. The lowest BCUT2D eigenvalue weighted by Crippen LogP contribution is -2.43. The molecule has 0 spiro atoms. The SMILES string of the molecule is CCC(=O)N(CC)[C@@H](C)C(=O)c1cc(N)ccc1C(=O)O. The number of carboxylic acid groups (broad SMARTS) is 1. The predicted molar refractivity (Wildman–Crippen MR) is 79.3 cm³/mol. The van der Waals surface area contributed by atoms with Crippen molar-refractivity contribution in [2.24, 2.45) is 0 Å². The lowest BCUT2D eigenvalue weighted by molar-refractivity contribution is -0.131. The van der Waals surface area contributed by atoms with Gasteiger partial charge >= 0.3 is 5.97 Å². The van der Waals surface area contributed by atoms with Crippen LogP contribution in [0.3, 0.4) is 0 Å². The van der Waals surface area contributed by atoms with Crippen LogP contribution in [-0.4, -0.2) is 40.3 Å². The number of ketones is 1. The van der Waals surface area contributed by atoms with Crippen molar-refractivity contribution in [3.05, 3.63) is 29.3 Å². The lowest BCUT2D eigenvalue weighted by Gasteiger charge is -2.27. The Hall–Kier alpha value is -2.37. The van der Waals surface area contributed by atoms with Crippen molar-refractivity contribution in [3.63, 3.8) is 0 Å². The van der Waals surface area contributed by atoms with E-state index in [-0.39, 0.29) is 23.5 Å². The Bertz CT molecular complexity index is 569. The van der Waals surface area contributed by atoms with Crippen LogP contribution < -0.4 is 5.73 Å². The summed E-state index contributed by atoms with van der Waals surface area (Å²) in [6.45, 7) is 5.46. The van der Waals surface area contributed by atoms with Crippen LogP contribution in [0.2, 0.25) is 0 Å². The fourth-order valence-electron chi connectivity index (χ4n) is 2.19. The van der Waals surface area contributed by atoms with Gasteiger partial charge in [0.25, 0.3) is 0 Å². The largest absolute Gasteiger partial charge is 0.478 e. The van der Waals surface area contributed by atoms with Crippen LogP contribution in [0.5, 0.6) is 0 Å². The number of carbonyl (C=O) groups is 3. The third-order valence-corrected chi connectivity index (χ3v) is 3.35. The first-order valence-electron chi connectivity index (χ1n) is 6.79. The molecule has 0 heterocycles. The topological polar surface area (TPSA) is 101 Å². The van der Waals surface area contributed by atoms with Gasteiger partial charge in [0, 0.05) is 24.2 Å². The van der Waals surface area contributed by atoms with E-state index in [0.717, 1.165) is 0 Å². The summed E-state index contributed by atoms with van der Waals surface area (Å²) >= 11 is 0. The van der Waals surface area contributed by atoms with Gasteiger partial charge in [-0.05, 0) is 32.0 Å². The van der Waals surface area contributed by atoms with Gasteiger partial charge in [-0.25, -0.2) is 4.79 Å². The molecule has 1 atom stereocenters. The highest BCUT2D eigenvalue weighted by Crippen LogP contribution is 2.18. The molecule has 0 aliphatic carbocycles. The predicted octanol–water partition coefficient (Wildman–Crippen LogP) is 1.80. The summed E-state index contributed by atoms with van der Waals surface area (Å²) in [7, 11) is 0. The smallest absolute Gasteiger partial charge is 0.336 e. The summed E-state index contributed by atoms with van der Waals surface area (Å²) in [6.07, 6.45) is 0.286. The Morgan fingerprint density at radius 2 is 1.86 bits per heavy atom. The molecule has 0 unspecified atom stereocenters. The minimum absolute atomic E-state index is 0.0253. The summed E-state index contributed by atoms with van der Waals surface area (Å²) < 4.78 is 0. The summed E-state index contributed by atoms with van der Waals surface area (Å²) in [5.41, 5.74) is 5.86. The monoisotopic (exact) mass is 292 g/mol. The van der Waals surface area contributed by atoms with Crippen molar-refractivity contribution in [1.29, 1.82) is 0 Å². The molecule has 0 aliphatic rings. The second kappa shape index (κ2) is 6.88. The molecular weight excluding hydrogens is 272 g/mol. The van der Waals surface area contributed by atoms with Crippen LogP contribution >= 0.6 is 0 Å². The number of amides is 1. The molecule has 0 bridgehead atoms. The zero-order valence-corrected chi connectivity index (χ0v) is 12.4. The van der Waals surface area contributed by atoms with E-state index in [1.165, 1.54) is 23.1 Å². The van der Waals surface area contributed by atoms with Gasteiger partial charge in [0.1, 0.15) is 0 Å². The molecule has 1 amide bonds. The van der Waals surface area contributed by atoms with E-state index >= 15 is 0 Å². The highest BCUT2D eigenvalue weighted by molar-refractivity contribution is 6.09. The maximum atomic E-state index is 12.5. The summed E-state index contributed by atoms with van der Waals surface area (Å²) in [6, 6.07) is 3.34. The Labute approximate surface area is 123 Å². The molecule has 6 nitrogen and oxygen atoms in total. The summed E-state index contributed by atoms with van der Waals surface area (Å²) in [4.78, 5) is 37.0. The van der Waals surface area contributed by atoms with Gasteiger partial charge in [-0.3, -0.25) is 9.59 Å². The first-order chi connectivity index (χ1) is 9.83. The average Bonchev–Trinajstić information content (AvgIpc) is 2.46. The van der Waals surface area contributed by atoms with Crippen molar-refractivity contribution < 1.29 is 19.5 Å². The highest BCUT2D eigenvalue weighted by atomic mass is 16.4. The van der Waals surface area contributed by atoms with Crippen LogP contribution in [0.1, 0.15) is 47.9 Å². The van der Waals surface area contributed by atoms with Crippen molar-refractivity contribution in [3.8, 4) is 0 Å². The average molecular weight is 292 g/mol. The van der Waals surface area contributed by atoms with Gasteiger partial charge in [-0.15, -0.1) is 0 Å². The molecule has 0 aliphatic heterocycles. The van der Waals surface area contributed by atoms with Gasteiger partial charge in [0.2, 0.25) is 5.91 Å². The molecule has 1 rings (SSSR count). The lowest BCUT2D eigenvalue weighted by atomic mass is 9.97. The van der Waals surface area contributed by atoms with E-state index in [2.05, 4.69) is 0 Å². The number of nitrogens with zero attached hydrogens (tertiary/aromatic N) is 1. The minimum Gasteiger partial charge on any atom is -0.478 e. The van der Waals surface area contributed by atoms with Crippen molar-refractivity contribution in [2.75, 3.05) is 12.3 Å². The number of hydrogen-bond acceptors (Lipinski definition) is 4. The number of anilines is 1. The Morgan fingerprint density at radius 3 is 2.33 bits per heavy atom. The van der Waals surface area contributed by atoms with Crippen LogP contribution in [0.25, 0.3) is 0 Å². The standard InChI is InChI=1S/C15H20N2O4/c1-4-13(18)17(5-2)9(3)14(19)12-8-10(16)6-7-11(12)15(20)21/h6-9H,4-5,16H2,1-3H3,(H,20,21)/t9-/m0/s1. The number of carbonyl (C=O) groups excluding carboxylic acids is 2. The van der Waals surface area contributed by atoms with Gasteiger partial charge in [-0.2, -0.15) is 0 Å². The maximum absolute atomic E-state index is 12.5. The number of nitrogen functional groups attached to an aromatic ring is 1. The Morgan fingerprint density at radius 1 is 1.24 bits per heavy atom. The van der Waals surface area contributed by atoms with Crippen molar-refractivity contribution in [2.45, 2.75) is 33.2 Å². The Kier molecular flexibility index (Phi) is 5.46. The second-order valence-corrected chi connectivity index (χ2v) is 4.68. The zero-order valence-electron chi connectivity index (χ0n) is 12.4. The fraction of sp³-hybridized carbons (Fsp3) is 0.400. The quantitative estimate of drug-likeness (QED) is 0.615. The van der Waals surface area contributed by atoms with Crippen LogP contribution in [0.15, 0.2) is 18.2 Å². The van der Waals surface area contributed by atoms with Gasteiger partial charge < -0.3 is 15.7 Å². The number of hydrogen-bond donors (Lipinski definition) is 2. The number of nitrogens with two attached hydrogens (primary N) is 1. The van der Waals surface area contributed by atoms with Crippen LogP contribution in [0.4, 0.5) is 5.69 Å². The molecular formula is C15H20N2O4. The number of aromatic carboxylic acids is 1. The molecule has 0 saturated heterocycles. The molecule has 3 N–H and O–H groups in total. The molecule has 21 heavy (non-hydrogen) atoms.